The molecule has 0 N–H and O–H groups in total. The molecule has 3 aliphatic rings. The van der Waals surface area contributed by atoms with Crippen LogP contribution in [0.15, 0.2) is 60.7 Å². The van der Waals surface area contributed by atoms with Crippen LogP contribution in [0.1, 0.15) is 62.5 Å². The summed E-state index contributed by atoms with van der Waals surface area (Å²) in [5.74, 6) is 1.49. The summed E-state index contributed by atoms with van der Waals surface area (Å²) < 4.78 is 0. The van der Waals surface area contributed by atoms with Crippen molar-refractivity contribution >= 4 is 5.97 Å². The van der Waals surface area contributed by atoms with Gasteiger partial charge in [0.1, 0.15) is 6.10 Å². The molecular weight excluding hydrogens is 398 g/mol. The number of carbonyl (C=O) groups is 1. The zero-order valence-corrected chi connectivity index (χ0v) is 19.1. The number of benzene rings is 2. The lowest BCUT2D eigenvalue weighted by atomic mass is 9.91. The Hall–Kier alpha value is -2.17. The Morgan fingerprint density at radius 3 is 2.34 bits per heavy atom. The highest BCUT2D eigenvalue weighted by molar-refractivity contribution is 5.77. The predicted octanol–water partition coefficient (Wildman–Crippen LogP) is 5.73. The van der Waals surface area contributed by atoms with Gasteiger partial charge in [0, 0.05) is 19.1 Å². The van der Waals surface area contributed by atoms with E-state index < -0.39 is 0 Å². The number of rotatable bonds is 8. The smallest absolute Gasteiger partial charge is 0.297 e. The zero-order valence-electron chi connectivity index (χ0n) is 19.1. The first-order valence-electron chi connectivity index (χ1n) is 12.4. The van der Waals surface area contributed by atoms with Gasteiger partial charge in [0.25, 0.3) is 0 Å². The van der Waals surface area contributed by atoms with Crippen LogP contribution in [0.3, 0.4) is 0 Å². The van der Waals surface area contributed by atoms with Gasteiger partial charge in [-0.05, 0) is 55.1 Å². The van der Waals surface area contributed by atoms with Crippen molar-refractivity contribution in [3.05, 3.63) is 71.8 Å². The van der Waals surface area contributed by atoms with Gasteiger partial charge >= 0.3 is 5.97 Å². The number of hydrogen-bond acceptors (Lipinski definition) is 4. The predicted molar refractivity (Wildman–Crippen MR) is 125 cm³/mol. The first-order valence-corrected chi connectivity index (χ1v) is 12.4. The Balaban J connectivity index is 1.20. The summed E-state index contributed by atoms with van der Waals surface area (Å²) in [5, 5.41) is 0. The third-order valence-electron chi connectivity index (χ3n) is 8.02. The van der Waals surface area contributed by atoms with E-state index in [1.54, 1.807) is 0 Å². The number of hydrogen-bond donors (Lipinski definition) is 0. The molecule has 2 aromatic rings. The van der Waals surface area contributed by atoms with Gasteiger partial charge in [0.15, 0.2) is 0 Å². The third-order valence-corrected chi connectivity index (χ3v) is 8.02. The van der Waals surface area contributed by atoms with Crippen molar-refractivity contribution in [2.75, 3.05) is 6.54 Å². The van der Waals surface area contributed by atoms with Crippen LogP contribution in [0.4, 0.5) is 0 Å². The number of piperidine rings is 1. The molecule has 4 nitrogen and oxygen atoms in total. The van der Waals surface area contributed by atoms with Crippen LogP contribution in [0, 0.1) is 17.8 Å². The number of fused-ring (bicyclic) bond motifs is 1. The van der Waals surface area contributed by atoms with Gasteiger partial charge in [-0.2, -0.15) is 4.89 Å². The van der Waals surface area contributed by atoms with Crippen molar-refractivity contribution in [1.29, 1.82) is 0 Å². The van der Waals surface area contributed by atoms with E-state index in [0.29, 0.717) is 23.8 Å². The fraction of sp³-hybridized carbons (Fsp3) is 0.536. The normalized spacial score (nSPS) is 28.8. The zero-order chi connectivity index (χ0) is 21.9. The maximum atomic E-state index is 13.1. The molecule has 5 atom stereocenters. The molecule has 2 aromatic carbocycles. The molecule has 2 saturated carbocycles. The first-order chi connectivity index (χ1) is 15.7. The molecule has 32 heavy (non-hydrogen) atoms. The van der Waals surface area contributed by atoms with E-state index in [1.807, 2.05) is 18.2 Å². The van der Waals surface area contributed by atoms with E-state index in [4.69, 9.17) is 9.78 Å². The molecule has 3 fully saturated rings. The van der Waals surface area contributed by atoms with Gasteiger partial charge in [-0.3, -0.25) is 9.79 Å². The summed E-state index contributed by atoms with van der Waals surface area (Å²) in [5.41, 5.74) is 2.42. The van der Waals surface area contributed by atoms with Crippen LogP contribution < -0.4 is 0 Å². The number of carbonyl (C=O) groups excluding carboxylic acids is 1. The van der Waals surface area contributed by atoms with E-state index in [0.717, 1.165) is 50.8 Å². The fourth-order valence-corrected chi connectivity index (χ4v) is 6.15. The molecule has 0 amide bonds. The number of nitrogens with zero attached hydrogens (tertiary/aromatic N) is 1. The third kappa shape index (κ3) is 4.77. The lowest BCUT2D eigenvalue weighted by Gasteiger charge is -2.27. The fourth-order valence-electron chi connectivity index (χ4n) is 6.15. The number of likely N-dealkylation sites (tertiary alicyclic amines) is 1. The highest BCUT2D eigenvalue weighted by Crippen LogP contribution is 2.59. The van der Waals surface area contributed by atoms with Crippen molar-refractivity contribution in [2.45, 2.75) is 70.1 Å². The van der Waals surface area contributed by atoms with Crippen LogP contribution in [-0.2, 0) is 21.1 Å². The lowest BCUT2D eigenvalue weighted by Crippen LogP contribution is -2.32. The van der Waals surface area contributed by atoms with Gasteiger partial charge in [0.05, 0.1) is 5.92 Å². The molecule has 2 aliphatic carbocycles. The second-order valence-corrected chi connectivity index (χ2v) is 10.0. The summed E-state index contributed by atoms with van der Waals surface area (Å²) >= 11 is 0. The molecule has 1 saturated heterocycles. The topological polar surface area (TPSA) is 38.8 Å². The Kier molecular flexibility index (Phi) is 6.61. The van der Waals surface area contributed by atoms with Crippen LogP contribution in [0.25, 0.3) is 0 Å². The maximum absolute atomic E-state index is 13.1. The molecule has 1 heterocycles. The Bertz CT molecular complexity index is 880. The van der Waals surface area contributed by atoms with Crippen molar-refractivity contribution in [3.8, 4) is 0 Å². The molecule has 0 aromatic heterocycles. The van der Waals surface area contributed by atoms with Crippen LogP contribution in [-0.4, -0.2) is 29.6 Å². The van der Waals surface area contributed by atoms with Crippen LogP contribution >= 0.6 is 0 Å². The Morgan fingerprint density at radius 2 is 1.69 bits per heavy atom. The Morgan fingerprint density at radius 1 is 1.00 bits per heavy atom. The average molecular weight is 434 g/mol. The van der Waals surface area contributed by atoms with E-state index in [9.17, 15) is 4.79 Å². The van der Waals surface area contributed by atoms with Gasteiger partial charge in [-0.15, -0.1) is 0 Å². The molecule has 0 spiro atoms. The van der Waals surface area contributed by atoms with E-state index in [-0.39, 0.29) is 18.0 Å². The molecule has 4 heteroatoms. The molecule has 0 bridgehead atoms. The summed E-state index contributed by atoms with van der Waals surface area (Å²) in [4.78, 5) is 26.7. The highest BCUT2D eigenvalue weighted by atomic mass is 17.2. The van der Waals surface area contributed by atoms with Crippen molar-refractivity contribution in [2.24, 2.45) is 17.8 Å². The molecule has 5 unspecified atom stereocenters. The van der Waals surface area contributed by atoms with Gasteiger partial charge in [-0.25, -0.2) is 4.79 Å². The lowest BCUT2D eigenvalue weighted by molar-refractivity contribution is -0.303. The minimum Gasteiger partial charge on any atom is -0.297 e. The van der Waals surface area contributed by atoms with E-state index in [2.05, 4.69) is 54.3 Å². The SMILES string of the molecule is CC1C2C(CC(C(=O)OOC3CCCCC3)c3ccccc3)C2CN1Cc1ccccc1. The molecule has 1 aliphatic heterocycles. The van der Waals surface area contributed by atoms with Crippen molar-refractivity contribution in [3.63, 3.8) is 0 Å². The van der Waals surface area contributed by atoms with Crippen LogP contribution in [0.2, 0.25) is 0 Å². The maximum Gasteiger partial charge on any atom is 0.349 e. The van der Waals surface area contributed by atoms with Gasteiger partial charge in [0.2, 0.25) is 0 Å². The van der Waals surface area contributed by atoms with Gasteiger partial charge < -0.3 is 0 Å². The summed E-state index contributed by atoms with van der Waals surface area (Å²) in [7, 11) is 0. The molecule has 170 valence electrons. The van der Waals surface area contributed by atoms with E-state index >= 15 is 0 Å². The molecular formula is C28H35NO3. The highest BCUT2D eigenvalue weighted by Gasteiger charge is 2.59. The monoisotopic (exact) mass is 433 g/mol. The van der Waals surface area contributed by atoms with Crippen molar-refractivity contribution < 1.29 is 14.6 Å². The minimum absolute atomic E-state index is 0.0657. The van der Waals surface area contributed by atoms with Crippen LogP contribution in [0.5, 0.6) is 0 Å². The summed E-state index contributed by atoms with van der Waals surface area (Å²) in [6.45, 7) is 4.50. The summed E-state index contributed by atoms with van der Waals surface area (Å²) in [6, 6.07) is 21.4. The second kappa shape index (κ2) is 9.76. The van der Waals surface area contributed by atoms with Gasteiger partial charge in [-0.1, -0.05) is 79.9 Å². The van der Waals surface area contributed by atoms with Crippen molar-refractivity contribution in [1.82, 2.24) is 4.90 Å². The van der Waals surface area contributed by atoms with E-state index in [1.165, 1.54) is 12.0 Å². The second-order valence-electron chi connectivity index (χ2n) is 10.0. The molecule has 5 rings (SSSR count). The standard InChI is InChI=1S/C28H35NO3/c1-20-27-25(26(27)19-29(20)18-21-11-5-2-6-12-21)17-24(22-13-7-3-8-14-22)28(30)32-31-23-15-9-4-10-16-23/h2-3,5-8,11-14,20,23-27H,4,9-10,15-19H2,1H3. The minimum atomic E-state index is -0.245. The largest absolute Gasteiger partial charge is 0.349 e. The first kappa shape index (κ1) is 21.7. The molecule has 0 radical (unpaired) electrons. The summed E-state index contributed by atoms with van der Waals surface area (Å²) in [6.07, 6.45) is 6.48. The quantitative estimate of drug-likeness (QED) is 0.393. The average Bonchev–Trinajstić information content (AvgIpc) is 3.43. The Labute approximate surface area is 191 Å².